The van der Waals surface area contributed by atoms with Crippen molar-refractivity contribution in [1.82, 2.24) is 0 Å². The van der Waals surface area contributed by atoms with Crippen molar-refractivity contribution in [3.8, 4) is 0 Å². The number of ether oxygens (including phenoxy) is 1. The second kappa shape index (κ2) is 11.0. The zero-order chi connectivity index (χ0) is 11.4. The molecule has 0 aromatic carbocycles. The number of hydrogen-bond donors (Lipinski definition) is 0. The molecule has 0 aliphatic rings. The molecular formula is C13H22O2. The average Bonchev–Trinajstić information content (AvgIpc) is 2.25. The molecule has 0 heterocycles. The van der Waals surface area contributed by atoms with Gasteiger partial charge in [0.1, 0.15) is 6.61 Å². The van der Waals surface area contributed by atoms with Gasteiger partial charge in [0.2, 0.25) is 0 Å². The Morgan fingerprint density at radius 1 is 1.00 bits per heavy atom. The Balaban J connectivity index is 3.12. The largest absolute Gasteiger partial charge is 0.461 e. The van der Waals surface area contributed by atoms with Gasteiger partial charge in [-0.25, -0.2) is 0 Å². The van der Waals surface area contributed by atoms with E-state index in [0.717, 1.165) is 19.3 Å². The molecule has 2 nitrogen and oxygen atoms in total. The minimum absolute atomic E-state index is 0.110. The highest BCUT2D eigenvalue weighted by Gasteiger charge is 2.00. The Morgan fingerprint density at radius 2 is 1.67 bits per heavy atom. The smallest absolute Gasteiger partial charge is 0.306 e. The van der Waals surface area contributed by atoms with Crippen LogP contribution in [0.2, 0.25) is 0 Å². The molecule has 0 unspecified atom stereocenters. The van der Waals surface area contributed by atoms with Crippen molar-refractivity contribution in [2.45, 2.75) is 44.9 Å². The number of rotatable bonds is 10. The number of hydrogen-bond acceptors (Lipinski definition) is 2. The molecule has 0 saturated heterocycles. The first kappa shape index (κ1) is 13.9. The van der Waals surface area contributed by atoms with Crippen molar-refractivity contribution in [2.24, 2.45) is 0 Å². The van der Waals surface area contributed by atoms with Crippen molar-refractivity contribution in [1.29, 1.82) is 0 Å². The summed E-state index contributed by atoms with van der Waals surface area (Å²) < 4.78 is 4.87. The third kappa shape index (κ3) is 10.9. The van der Waals surface area contributed by atoms with Gasteiger partial charge in [-0.3, -0.25) is 4.79 Å². The molecule has 0 aromatic rings. The van der Waals surface area contributed by atoms with Gasteiger partial charge in [-0.1, -0.05) is 38.0 Å². The molecule has 0 atom stereocenters. The molecule has 0 aromatic heterocycles. The number of unbranched alkanes of at least 4 members (excludes halogenated alkanes) is 5. The SMILES string of the molecule is C=CCCCCCCCC(=O)OCC=C. The van der Waals surface area contributed by atoms with E-state index in [4.69, 9.17) is 4.74 Å². The van der Waals surface area contributed by atoms with Crippen molar-refractivity contribution >= 4 is 5.97 Å². The molecule has 0 radical (unpaired) electrons. The van der Waals surface area contributed by atoms with E-state index in [2.05, 4.69) is 13.2 Å². The maximum atomic E-state index is 11.1. The molecule has 0 N–H and O–H groups in total. The molecule has 0 rings (SSSR count). The van der Waals surface area contributed by atoms with Crippen LogP contribution in [-0.4, -0.2) is 12.6 Å². The minimum Gasteiger partial charge on any atom is -0.461 e. The highest BCUT2D eigenvalue weighted by molar-refractivity contribution is 5.69. The summed E-state index contributed by atoms with van der Waals surface area (Å²) >= 11 is 0. The standard InChI is InChI=1S/C13H22O2/c1-3-5-6-7-8-9-10-11-13(14)15-12-4-2/h3-4H,1-2,5-12H2. The molecule has 0 bridgehead atoms. The van der Waals surface area contributed by atoms with E-state index in [9.17, 15) is 4.79 Å². The predicted octanol–water partition coefficient (Wildman–Crippen LogP) is 3.63. The lowest BCUT2D eigenvalue weighted by Crippen LogP contribution is -2.03. The van der Waals surface area contributed by atoms with E-state index in [1.807, 2.05) is 6.08 Å². The van der Waals surface area contributed by atoms with Crippen LogP contribution in [-0.2, 0) is 9.53 Å². The molecule has 2 heteroatoms. The Hall–Kier alpha value is -1.05. The van der Waals surface area contributed by atoms with Crippen LogP contribution < -0.4 is 0 Å². The molecule has 0 amide bonds. The monoisotopic (exact) mass is 210 g/mol. The van der Waals surface area contributed by atoms with Gasteiger partial charge >= 0.3 is 5.97 Å². The Bertz CT molecular complexity index is 185. The Morgan fingerprint density at radius 3 is 2.33 bits per heavy atom. The topological polar surface area (TPSA) is 26.3 Å². The first-order valence-corrected chi connectivity index (χ1v) is 5.68. The van der Waals surface area contributed by atoms with E-state index < -0.39 is 0 Å². The Labute approximate surface area is 93.0 Å². The third-order valence-corrected chi connectivity index (χ3v) is 2.15. The summed E-state index contributed by atoms with van der Waals surface area (Å²) in [5.41, 5.74) is 0. The van der Waals surface area contributed by atoms with Crippen molar-refractivity contribution < 1.29 is 9.53 Å². The average molecular weight is 210 g/mol. The first-order chi connectivity index (χ1) is 7.31. The molecular weight excluding hydrogens is 188 g/mol. The predicted molar refractivity (Wildman–Crippen MR) is 63.7 cm³/mol. The minimum atomic E-state index is -0.110. The van der Waals surface area contributed by atoms with Crippen LogP contribution in [0.1, 0.15) is 44.9 Å². The van der Waals surface area contributed by atoms with Gasteiger partial charge in [0, 0.05) is 6.42 Å². The summed E-state index contributed by atoms with van der Waals surface area (Å²) in [6.07, 6.45) is 10.9. The fraction of sp³-hybridized carbons (Fsp3) is 0.615. The fourth-order valence-electron chi connectivity index (χ4n) is 1.31. The van der Waals surface area contributed by atoms with Gasteiger partial charge in [-0.05, 0) is 19.3 Å². The lowest BCUT2D eigenvalue weighted by molar-refractivity contribution is -0.142. The van der Waals surface area contributed by atoms with Gasteiger partial charge in [0.05, 0.1) is 0 Å². The van der Waals surface area contributed by atoms with E-state index in [-0.39, 0.29) is 5.97 Å². The van der Waals surface area contributed by atoms with Gasteiger partial charge in [0.25, 0.3) is 0 Å². The summed E-state index contributed by atoms with van der Waals surface area (Å²) in [5, 5.41) is 0. The molecule has 15 heavy (non-hydrogen) atoms. The normalized spacial score (nSPS) is 9.60. The van der Waals surface area contributed by atoms with Gasteiger partial charge in [-0.15, -0.1) is 6.58 Å². The first-order valence-electron chi connectivity index (χ1n) is 5.68. The number of allylic oxidation sites excluding steroid dienone is 1. The Kier molecular flexibility index (Phi) is 10.3. The van der Waals surface area contributed by atoms with Crippen LogP contribution in [0.4, 0.5) is 0 Å². The summed E-state index contributed by atoms with van der Waals surface area (Å²) in [4.78, 5) is 11.1. The zero-order valence-corrected chi connectivity index (χ0v) is 9.54. The van der Waals surface area contributed by atoms with Crippen molar-refractivity contribution in [2.75, 3.05) is 6.61 Å². The number of carbonyl (C=O) groups is 1. The summed E-state index contributed by atoms with van der Waals surface area (Å²) in [6.45, 7) is 7.49. The summed E-state index contributed by atoms with van der Waals surface area (Å²) in [5.74, 6) is -0.110. The lowest BCUT2D eigenvalue weighted by Gasteiger charge is -2.01. The van der Waals surface area contributed by atoms with Gasteiger partial charge in [0.15, 0.2) is 0 Å². The van der Waals surface area contributed by atoms with Crippen LogP contribution in [0.15, 0.2) is 25.3 Å². The highest BCUT2D eigenvalue weighted by Crippen LogP contribution is 2.07. The van der Waals surface area contributed by atoms with E-state index in [1.54, 1.807) is 6.08 Å². The molecule has 0 spiro atoms. The van der Waals surface area contributed by atoms with Crippen LogP contribution in [0, 0.1) is 0 Å². The van der Waals surface area contributed by atoms with Gasteiger partial charge < -0.3 is 4.74 Å². The summed E-state index contributed by atoms with van der Waals surface area (Å²) in [6, 6.07) is 0. The number of carbonyl (C=O) groups excluding carboxylic acids is 1. The summed E-state index contributed by atoms with van der Waals surface area (Å²) in [7, 11) is 0. The third-order valence-electron chi connectivity index (χ3n) is 2.15. The zero-order valence-electron chi connectivity index (χ0n) is 9.54. The van der Waals surface area contributed by atoms with E-state index in [0.29, 0.717) is 13.0 Å². The van der Waals surface area contributed by atoms with Crippen LogP contribution >= 0.6 is 0 Å². The maximum Gasteiger partial charge on any atom is 0.306 e. The molecule has 0 aliphatic carbocycles. The van der Waals surface area contributed by atoms with E-state index in [1.165, 1.54) is 19.3 Å². The second-order valence-corrected chi connectivity index (χ2v) is 3.57. The van der Waals surface area contributed by atoms with Crippen LogP contribution in [0.25, 0.3) is 0 Å². The fourth-order valence-corrected chi connectivity index (χ4v) is 1.31. The molecule has 0 aliphatic heterocycles. The van der Waals surface area contributed by atoms with Crippen LogP contribution in [0.3, 0.4) is 0 Å². The van der Waals surface area contributed by atoms with Gasteiger partial charge in [-0.2, -0.15) is 0 Å². The highest BCUT2D eigenvalue weighted by atomic mass is 16.5. The lowest BCUT2D eigenvalue weighted by atomic mass is 10.1. The molecule has 0 fully saturated rings. The molecule has 86 valence electrons. The van der Waals surface area contributed by atoms with Crippen LogP contribution in [0.5, 0.6) is 0 Å². The number of esters is 1. The second-order valence-electron chi connectivity index (χ2n) is 3.57. The van der Waals surface area contributed by atoms with E-state index >= 15 is 0 Å². The maximum absolute atomic E-state index is 11.1. The van der Waals surface area contributed by atoms with Crippen molar-refractivity contribution in [3.63, 3.8) is 0 Å². The van der Waals surface area contributed by atoms with Crippen molar-refractivity contribution in [3.05, 3.63) is 25.3 Å². The quantitative estimate of drug-likeness (QED) is 0.312. The molecule has 0 saturated carbocycles.